The highest BCUT2D eigenvalue weighted by atomic mass is 32.1. The molecule has 1 aromatic rings. The van der Waals surface area contributed by atoms with Crippen LogP contribution in [0.15, 0.2) is 12.5 Å². The predicted octanol–water partition coefficient (Wildman–Crippen LogP) is 1.02. The standard InChI is InChI=1S/C7H11N3S/c8-7(11)3-1-2-6-4-9-5-10-6/h4-5H,1-3H2,(H2,8,11)(H,9,10). The zero-order chi connectivity index (χ0) is 8.10. The first-order chi connectivity index (χ1) is 5.29. The molecule has 0 unspecified atom stereocenters. The van der Waals surface area contributed by atoms with Crippen molar-refractivity contribution in [1.29, 1.82) is 0 Å². The molecular formula is C7H11N3S. The topological polar surface area (TPSA) is 54.7 Å². The minimum atomic E-state index is 0.588. The Bertz CT molecular complexity index is 218. The van der Waals surface area contributed by atoms with Crippen LogP contribution in [0.4, 0.5) is 0 Å². The number of imidazole rings is 1. The third-order valence-corrected chi connectivity index (χ3v) is 1.63. The number of hydrogen-bond acceptors (Lipinski definition) is 2. The van der Waals surface area contributed by atoms with Gasteiger partial charge >= 0.3 is 0 Å². The number of aromatic nitrogens is 2. The molecule has 3 nitrogen and oxygen atoms in total. The molecule has 1 rings (SSSR count). The molecule has 0 amide bonds. The highest BCUT2D eigenvalue weighted by Crippen LogP contribution is 1.99. The van der Waals surface area contributed by atoms with E-state index in [0.717, 1.165) is 25.0 Å². The van der Waals surface area contributed by atoms with Crippen LogP contribution in [0.3, 0.4) is 0 Å². The molecule has 1 aromatic heterocycles. The second-order valence-electron chi connectivity index (χ2n) is 2.40. The number of rotatable bonds is 4. The molecule has 3 N–H and O–H groups in total. The van der Waals surface area contributed by atoms with Crippen molar-refractivity contribution in [3.63, 3.8) is 0 Å². The lowest BCUT2D eigenvalue weighted by Gasteiger charge is -1.95. The lowest BCUT2D eigenvalue weighted by Crippen LogP contribution is -2.07. The molecule has 0 aliphatic rings. The van der Waals surface area contributed by atoms with Gasteiger partial charge in [-0.25, -0.2) is 4.98 Å². The molecule has 0 atom stereocenters. The smallest absolute Gasteiger partial charge is 0.0921 e. The summed E-state index contributed by atoms with van der Waals surface area (Å²) in [5.74, 6) is 0. The summed E-state index contributed by atoms with van der Waals surface area (Å²) in [6, 6.07) is 0. The summed E-state index contributed by atoms with van der Waals surface area (Å²) in [5, 5.41) is 0. The number of nitrogens with one attached hydrogen (secondary N) is 1. The van der Waals surface area contributed by atoms with Gasteiger partial charge in [0.2, 0.25) is 0 Å². The van der Waals surface area contributed by atoms with Crippen LogP contribution in [0.1, 0.15) is 18.5 Å². The fourth-order valence-corrected chi connectivity index (χ4v) is 1.02. The highest BCUT2D eigenvalue weighted by Gasteiger charge is 1.94. The summed E-state index contributed by atoms with van der Waals surface area (Å²) >= 11 is 4.74. The SMILES string of the molecule is NC(=S)CCCc1cnc[nH]1. The van der Waals surface area contributed by atoms with Crippen LogP contribution < -0.4 is 5.73 Å². The van der Waals surface area contributed by atoms with Crippen LogP contribution in [0.2, 0.25) is 0 Å². The average molecular weight is 169 g/mol. The van der Waals surface area contributed by atoms with Crippen LogP contribution in [-0.4, -0.2) is 15.0 Å². The number of aryl methyl sites for hydroxylation is 1. The summed E-state index contributed by atoms with van der Waals surface area (Å²) < 4.78 is 0. The Morgan fingerprint density at radius 1 is 1.73 bits per heavy atom. The van der Waals surface area contributed by atoms with Crippen LogP contribution in [-0.2, 0) is 6.42 Å². The highest BCUT2D eigenvalue weighted by molar-refractivity contribution is 7.80. The third kappa shape index (κ3) is 3.13. The van der Waals surface area contributed by atoms with Gasteiger partial charge in [-0.1, -0.05) is 12.2 Å². The average Bonchev–Trinajstić information content (AvgIpc) is 2.39. The summed E-state index contributed by atoms with van der Waals surface area (Å²) in [5.41, 5.74) is 6.48. The van der Waals surface area contributed by atoms with Crippen molar-refractivity contribution in [2.24, 2.45) is 5.73 Å². The van der Waals surface area contributed by atoms with E-state index in [-0.39, 0.29) is 0 Å². The van der Waals surface area contributed by atoms with E-state index >= 15 is 0 Å². The van der Waals surface area contributed by atoms with Crippen molar-refractivity contribution in [2.75, 3.05) is 0 Å². The Hall–Kier alpha value is -0.900. The minimum Gasteiger partial charge on any atom is -0.393 e. The Kier molecular flexibility index (Phi) is 3.04. The first-order valence-electron chi connectivity index (χ1n) is 3.54. The van der Waals surface area contributed by atoms with E-state index in [4.69, 9.17) is 18.0 Å². The fraction of sp³-hybridized carbons (Fsp3) is 0.429. The van der Waals surface area contributed by atoms with Gasteiger partial charge in [-0.3, -0.25) is 0 Å². The van der Waals surface area contributed by atoms with Crippen LogP contribution in [0.5, 0.6) is 0 Å². The fourth-order valence-electron chi connectivity index (χ4n) is 0.874. The zero-order valence-electron chi connectivity index (χ0n) is 6.21. The van der Waals surface area contributed by atoms with Gasteiger partial charge in [0.15, 0.2) is 0 Å². The zero-order valence-corrected chi connectivity index (χ0v) is 7.03. The summed E-state index contributed by atoms with van der Waals surface area (Å²) in [4.78, 5) is 7.50. The van der Waals surface area contributed by atoms with Gasteiger partial charge in [-0.15, -0.1) is 0 Å². The predicted molar refractivity (Wildman–Crippen MR) is 48.3 cm³/mol. The van der Waals surface area contributed by atoms with Crippen molar-refractivity contribution < 1.29 is 0 Å². The second kappa shape index (κ2) is 4.08. The number of hydrogen-bond donors (Lipinski definition) is 2. The first kappa shape index (κ1) is 8.20. The van der Waals surface area contributed by atoms with E-state index in [1.165, 1.54) is 0 Å². The normalized spacial score (nSPS) is 9.82. The van der Waals surface area contributed by atoms with Crippen LogP contribution in [0, 0.1) is 0 Å². The molecule has 0 spiro atoms. The molecule has 0 saturated carbocycles. The maximum absolute atomic E-state index is 5.34. The Labute approximate surface area is 71.0 Å². The van der Waals surface area contributed by atoms with E-state index in [1.54, 1.807) is 6.33 Å². The molecule has 11 heavy (non-hydrogen) atoms. The summed E-state index contributed by atoms with van der Waals surface area (Å²) in [6.45, 7) is 0. The van der Waals surface area contributed by atoms with Crippen molar-refractivity contribution in [1.82, 2.24) is 9.97 Å². The molecular weight excluding hydrogens is 158 g/mol. The summed E-state index contributed by atoms with van der Waals surface area (Å²) in [7, 11) is 0. The number of aromatic amines is 1. The molecule has 0 aliphatic heterocycles. The van der Waals surface area contributed by atoms with Crippen molar-refractivity contribution in [2.45, 2.75) is 19.3 Å². The number of thiocarbonyl (C=S) groups is 1. The lowest BCUT2D eigenvalue weighted by molar-refractivity contribution is 0.846. The van der Waals surface area contributed by atoms with Gasteiger partial charge in [0.25, 0.3) is 0 Å². The summed E-state index contributed by atoms with van der Waals surface area (Å²) in [6.07, 6.45) is 6.28. The van der Waals surface area contributed by atoms with Gasteiger partial charge in [-0.2, -0.15) is 0 Å². The van der Waals surface area contributed by atoms with Crippen molar-refractivity contribution in [3.05, 3.63) is 18.2 Å². The van der Waals surface area contributed by atoms with Gasteiger partial charge in [-0.05, 0) is 19.3 Å². The minimum absolute atomic E-state index is 0.588. The van der Waals surface area contributed by atoms with E-state index in [9.17, 15) is 0 Å². The second-order valence-corrected chi connectivity index (χ2v) is 2.92. The van der Waals surface area contributed by atoms with E-state index in [1.807, 2.05) is 6.20 Å². The molecule has 0 aromatic carbocycles. The number of H-pyrrole nitrogens is 1. The molecule has 0 bridgehead atoms. The van der Waals surface area contributed by atoms with Gasteiger partial charge in [0.05, 0.1) is 11.3 Å². The third-order valence-electron chi connectivity index (χ3n) is 1.42. The Morgan fingerprint density at radius 3 is 3.09 bits per heavy atom. The van der Waals surface area contributed by atoms with Gasteiger partial charge < -0.3 is 10.7 Å². The molecule has 60 valence electrons. The maximum Gasteiger partial charge on any atom is 0.0921 e. The quantitative estimate of drug-likeness (QED) is 0.662. The molecule has 1 heterocycles. The first-order valence-corrected chi connectivity index (χ1v) is 3.95. The van der Waals surface area contributed by atoms with E-state index < -0.39 is 0 Å². The maximum atomic E-state index is 5.34. The van der Waals surface area contributed by atoms with E-state index in [0.29, 0.717) is 4.99 Å². The van der Waals surface area contributed by atoms with Crippen LogP contribution in [0.25, 0.3) is 0 Å². The van der Waals surface area contributed by atoms with Gasteiger partial charge in [0.1, 0.15) is 0 Å². The number of nitrogens with two attached hydrogens (primary N) is 1. The van der Waals surface area contributed by atoms with Gasteiger partial charge in [0, 0.05) is 11.9 Å². The molecule has 4 heteroatoms. The Balaban J connectivity index is 2.19. The molecule has 0 fully saturated rings. The van der Waals surface area contributed by atoms with Crippen molar-refractivity contribution in [3.8, 4) is 0 Å². The molecule has 0 radical (unpaired) electrons. The largest absolute Gasteiger partial charge is 0.393 e. The Morgan fingerprint density at radius 2 is 2.55 bits per heavy atom. The lowest BCUT2D eigenvalue weighted by atomic mass is 10.2. The number of nitrogens with zero attached hydrogens (tertiary/aromatic N) is 1. The van der Waals surface area contributed by atoms with Crippen LogP contribution >= 0.6 is 12.2 Å². The van der Waals surface area contributed by atoms with Crippen molar-refractivity contribution >= 4 is 17.2 Å². The van der Waals surface area contributed by atoms with E-state index in [2.05, 4.69) is 9.97 Å². The monoisotopic (exact) mass is 169 g/mol. The molecule has 0 aliphatic carbocycles. The molecule has 0 saturated heterocycles.